The second-order valence-electron chi connectivity index (χ2n) is 4.03. The molecule has 0 bridgehead atoms. The first kappa shape index (κ1) is 14.0. The van der Waals surface area contributed by atoms with Gasteiger partial charge in [0.2, 0.25) is 0 Å². The predicted molar refractivity (Wildman–Crippen MR) is 68.9 cm³/mol. The van der Waals surface area contributed by atoms with Gasteiger partial charge in [0.15, 0.2) is 6.07 Å². The highest BCUT2D eigenvalue weighted by molar-refractivity contribution is 6.17. The van der Waals surface area contributed by atoms with E-state index in [9.17, 15) is 4.79 Å². The van der Waals surface area contributed by atoms with Gasteiger partial charge >= 0.3 is 5.97 Å². The highest BCUT2D eigenvalue weighted by atomic mass is 35.5. The van der Waals surface area contributed by atoms with Crippen molar-refractivity contribution in [3.8, 4) is 0 Å². The number of esters is 1. The molecular weight excluding hydrogens is 238 g/mol. The van der Waals surface area contributed by atoms with Crippen LogP contribution in [0.2, 0.25) is 0 Å². The summed E-state index contributed by atoms with van der Waals surface area (Å²) in [6.07, 6.45) is 0.880. The molecule has 4 heteroatoms. The molecule has 1 aromatic rings. The number of rotatable bonds is 6. The summed E-state index contributed by atoms with van der Waals surface area (Å²) in [7, 11) is 0. The molecule has 1 aromatic carbocycles. The van der Waals surface area contributed by atoms with Crippen LogP contribution in [0.5, 0.6) is 0 Å². The molecule has 3 nitrogen and oxygen atoms in total. The lowest BCUT2D eigenvalue weighted by molar-refractivity contribution is -0.140. The van der Waals surface area contributed by atoms with Crippen LogP contribution in [-0.4, -0.2) is 18.6 Å². The molecule has 0 aliphatic carbocycles. The van der Waals surface area contributed by atoms with Crippen molar-refractivity contribution in [1.29, 1.82) is 0 Å². The Morgan fingerprint density at radius 3 is 2.59 bits per heavy atom. The van der Waals surface area contributed by atoms with E-state index in [4.69, 9.17) is 11.6 Å². The van der Waals surface area contributed by atoms with Crippen LogP contribution in [0.25, 0.3) is 0 Å². The number of hydrogen-bond acceptors (Lipinski definition) is 3. The number of hydrogen-bond donors (Lipinski definition) is 1. The van der Waals surface area contributed by atoms with Crippen LogP contribution in [0.3, 0.4) is 0 Å². The van der Waals surface area contributed by atoms with Gasteiger partial charge in [0, 0.05) is 5.54 Å². The molecule has 0 unspecified atom stereocenters. The summed E-state index contributed by atoms with van der Waals surface area (Å²) >= 11 is 5.33. The first-order valence-electron chi connectivity index (χ1n) is 5.64. The molecule has 1 atom stereocenters. The van der Waals surface area contributed by atoms with Crippen LogP contribution in [0.1, 0.15) is 25.8 Å². The molecule has 1 rings (SSSR count). The summed E-state index contributed by atoms with van der Waals surface area (Å²) in [6.45, 7) is 4.30. The van der Waals surface area contributed by atoms with Crippen LogP contribution >= 0.6 is 11.6 Å². The fraction of sp³-hybridized carbons (Fsp3) is 0.462. The lowest BCUT2D eigenvalue weighted by Gasteiger charge is -2.30. The second-order valence-corrected chi connectivity index (χ2v) is 4.25. The quantitative estimate of drug-likeness (QED) is 0.627. The van der Waals surface area contributed by atoms with Crippen molar-refractivity contribution in [2.75, 3.05) is 12.6 Å². The molecule has 0 aromatic heterocycles. The highest BCUT2D eigenvalue weighted by Gasteiger charge is 2.24. The molecule has 0 fully saturated rings. The van der Waals surface area contributed by atoms with Crippen LogP contribution in [-0.2, 0) is 15.1 Å². The molecule has 0 saturated heterocycles. The van der Waals surface area contributed by atoms with Crippen LogP contribution < -0.4 is 5.32 Å². The van der Waals surface area contributed by atoms with E-state index in [0.29, 0.717) is 0 Å². The third-order valence-electron chi connectivity index (χ3n) is 2.96. The first-order valence-corrected chi connectivity index (χ1v) is 6.18. The predicted octanol–water partition coefficient (Wildman–Crippen LogP) is 2.64. The summed E-state index contributed by atoms with van der Waals surface area (Å²) in [5, 5.41) is 3.21. The van der Waals surface area contributed by atoms with E-state index in [1.54, 1.807) is 0 Å². The topological polar surface area (TPSA) is 38.3 Å². The number of carbonyl (C=O) groups excluding carboxylic acids is 1. The van der Waals surface area contributed by atoms with Crippen molar-refractivity contribution in [3.63, 3.8) is 0 Å². The number of nitrogens with one attached hydrogen (secondary N) is 1. The largest absolute Gasteiger partial charge is 0.448 e. The van der Waals surface area contributed by atoms with E-state index in [2.05, 4.69) is 23.9 Å². The SMILES string of the molecule is CC[C@](C)(NCC(=O)OCCl)c1ccccc1. The lowest BCUT2D eigenvalue weighted by atomic mass is 9.89. The average molecular weight is 256 g/mol. The summed E-state index contributed by atoms with van der Waals surface area (Å²) in [4.78, 5) is 11.3. The fourth-order valence-corrected chi connectivity index (χ4v) is 1.74. The fourth-order valence-electron chi connectivity index (χ4n) is 1.62. The Hall–Kier alpha value is -1.06. The zero-order valence-corrected chi connectivity index (χ0v) is 11.0. The van der Waals surface area contributed by atoms with Gasteiger partial charge in [-0.2, -0.15) is 0 Å². The van der Waals surface area contributed by atoms with E-state index in [0.717, 1.165) is 12.0 Å². The van der Waals surface area contributed by atoms with Gasteiger partial charge in [-0.05, 0) is 18.9 Å². The molecule has 0 aliphatic heterocycles. The minimum atomic E-state index is -0.337. The average Bonchev–Trinajstić information content (AvgIpc) is 2.37. The second kappa shape index (κ2) is 6.62. The van der Waals surface area contributed by atoms with Gasteiger partial charge in [-0.1, -0.05) is 48.9 Å². The Labute approximate surface area is 107 Å². The number of alkyl halides is 1. The molecule has 0 radical (unpaired) electrons. The summed E-state index contributed by atoms with van der Waals surface area (Å²) in [5.41, 5.74) is 0.924. The van der Waals surface area contributed by atoms with E-state index < -0.39 is 0 Å². The van der Waals surface area contributed by atoms with Crippen molar-refractivity contribution in [2.24, 2.45) is 0 Å². The Morgan fingerprint density at radius 2 is 2.06 bits per heavy atom. The van der Waals surface area contributed by atoms with Gasteiger partial charge in [0.05, 0.1) is 6.54 Å². The maximum atomic E-state index is 11.3. The molecule has 0 saturated carbocycles. The minimum absolute atomic E-state index is 0.102. The maximum Gasteiger partial charge on any atom is 0.321 e. The highest BCUT2D eigenvalue weighted by Crippen LogP contribution is 2.23. The zero-order valence-electron chi connectivity index (χ0n) is 10.2. The molecule has 94 valence electrons. The lowest BCUT2D eigenvalue weighted by Crippen LogP contribution is -2.42. The van der Waals surface area contributed by atoms with Crippen LogP contribution in [0.15, 0.2) is 30.3 Å². The molecule has 0 amide bonds. The standard InChI is InChI=1S/C13H18ClNO2/c1-3-13(2,11-7-5-4-6-8-11)15-9-12(16)17-10-14/h4-8,15H,3,9-10H2,1-2H3/t13-/m0/s1. The summed E-state index contributed by atoms with van der Waals surface area (Å²) in [5.74, 6) is -0.337. The minimum Gasteiger partial charge on any atom is -0.448 e. The molecule has 0 spiro atoms. The normalized spacial score (nSPS) is 14.1. The van der Waals surface area contributed by atoms with Crippen molar-refractivity contribution < 1.29 is 9.53 Å². The molecular formula is C13H18ClNO2. The third-order valence-corrected chi connectivity index (χ3v) is 3.07. The van der Waals surface area contributed by atoms with Gasteiger partial charge in [0.25, 0.3) is 0 Å². The smallest absolute Gasteiger partial charge is 0.321 e. The third kappa shape index (κ3) is 4.02. The van der Waals surface area contributed by atoms with Crippen molar-refractivity contribution >= 4 is 17.6 Å². The van der Waals surface area contributed by atoms with E-state index >= 15 is 0 Å². The zero-order chi connectivity index (χ0) is 12.7. The summed E-state index contributed by atoms with van der Waals surface area (Å²) in [6, 6.07) is 9.94. The number of benzene rings is 1. The Balaban J connectivity index is 2.67. The summed E-state index contributed by atoms with van der Waals surface area (Å²) < 4.78 is 4.68. The van der Waals surface area contributed by atoms with Gasteiger partial charge in [-0.25, -0.2) is 0 Å². The Morgan fingerprint density at radius 1 is 1.41 bits per heavy atom. The number of halogens is 1. The Kier molecular flexibility index (Phi) is 5.45. The van der Waals surface area contributed by atoms with E-state index in [1.807, 2.05) is 30.3 Å². The van der Waals surface area contributed by atoms with Crippen molar-refractivity contribution in [3.05, 3.63) is 35.9 Å². The van der Waals surface area contributed by atoms with E-state index in [-0.39, 0.29) is 24.1 Å². The van der Waals surface area contributed by atoms with Crippen LogP contribution in [0.4, 0.5) is 0 Å². The van der Waals surface area contributed by atoms with Crippen molar-refractivity contribution in [2.45, 2.75) is 25.8 Å². The molecule has 0 heterocycles. The van der Waals surface area contributed by atoms with Gasteiger partial charge in [-0.15, -0.1) is 0 Å². The van der Waals surface area contributed by atoms with Gasteiger partial charge < -0.3 is 4.74 Å². The molecule has 0 aliphatic rings. The molecule has 1 N–H and O–H groups in total. The number of ether oxygens (including phenoxy) is 1. The van der Waals surface area contributed by atoms with Crippen molar-refractivity contribution in [1.82, 2.24) is 5.32 Å². The number of carbonyl (C=O) groups is 1. The first-order chi connectivity index (χ1) is 8.12. The van der Waals surface area contributed by atoms with Gasteiger partial charge in [0.1, 0.15) is 0 Å². The van der Waals surface area contributed by atoms with Crippen LogP contribution in [0, 0.1) is 0 Å². The maximum absolute atomic E-state index is 11.3. The monoisotopic (exact) mass is 255 g/mol. The van der Waals surface area contributed by atoms with Gasteiger partial charge in [-0.3, -0.25) is 10.1 Å². The Bertz CT molecular complexity index is 356. The molecule has 17 heavy (non-hydrogen) atoms. The van der Waals surface area contributed by atoms with E-state index in [1.165, 1.54) is 0 Å².